The molecule has 0 bridgehead atoms. The van der Waals surface area contributed by atoms with Gasteiger partial charge in [-0.05, 0) is 19.3 Å². The van der Waals surface area contributed by atoms with Gasteiger partial charge in [-0.3, -0.25) is 4.57 Å². The van der Waals surface area contributed by atoms with Gasteiger partial charge in [0.2, 0.25) is 7.37 Å². The van der Waals surface area contributed by atoms with Gasteiger partial charge in [0, 0.05) is 12.3 Å². The van der Waals surface area contributed by atoms with E-state index >= 15 is 0 Å². The molecule has 0 saturated heterocycles. The molecule has 0 saturated carbocycles. The van der Waals surface area contributed by atoms with Crippen molar-refractivity contribution in [3.63, 3.8) is 0 Å². The van der Waals surface area contributed by atoms with E-state index in [9.17, 15) is 4.57 Å². The normalized spacial score (nSPS) is 12.0. The van der Waals surface area contributed by atoms with Crippen molar-refractivity contribution in [2.45, 2.75) is 117 Å². The average molecular weight is 361 g/mol. The molecule has 3 heteroatoms. The Balaban J connectivity index is 3.93. The van der Waals surface area contributed by atoms with Crippen LogP contribution in [0.2, 0.25) is 0 Å². The molecule has 0 fully saturated rings. The summed E-state index contributed by atoms with van der Waals surface area (Å²) in [5, 5.41) is 0. The summed E-state index contributed by atoms with van der Waals surface area (Å²) in [6.45, 7) is 7.42. The molecule has 0 aromatic heterocycles. The summed E-state index contributed by atoms with van der Waals surface area (Å²) in [6, 6.07) is 0. The van der Waals surface area contributed by atoms with Crippen LogP contribution in [-0.4, -0.2) is 18.9 Å². The summed E-state index contributed by atoms with van der Waals surface area (Å²) in [6.07, 6.45) is 20.2. The number of unbranched alkanes of at least 4 members (excludes halogenated alkanes) is 12. The zero-order valence-electron chi connectivity index (χ0n) is 17.0. The Bertz CT molecular complexity index is 276. The topological polar surface area (TPSA) is 26.3 Å². The lowest BCUT2D eigenvalue weighted by atomic mass is 10.1. The van der Waals surface area contributed by atoms with E-state index < -0.39 is 7.37 Å². The highest BCUT2D eigenvalue weighted by Gasteiger charge is 2.21. The van der Waals surface area contributed by atoms with Gasteiger partial charge in [-0.15, -0.1) is 0 Å². The minimum Gasteiger partial charge on any atom is -0.328 e. The highest BCUT2D eigenvalue weighted by atomic mass is 31.2. The second kappa shape index (κ2) is 18.0. The molecule has 2 nitrogen and oxygen atoms in total. The quantitative estimate of drug-likeness (QED) is 0.171. The first-order valence-corrected chi connectivity index (χ1v) is 12.9. The Labute approximate surface area is 153 Å². The summed E-state index contributed by atoms with van der Waals surface area (Å²) in [5.74, 6) is 0. The SMILES string of the molecule is CCCCCCCCCOP(=O)(CCCCCC)CCCCCC. The van der Waals surface area contributed by atoms with Crippen LogP contribution in [0.5, 0.6) is 0 Å². The van der Waals surface area contributed by atoms with Crippen molar-refractivity contribution >= 4 is 7.37 Å². The van der Waals surface area contributed by atoms with Crippen molar-refractivity contribution in [2.24, 2.45) is 0 Å². The third kappa shape index (κ3) is 15.7. The molecular weight excluding hydrogens is 315 g/mol. The summed E-state index contributed by atoms with van der Waals surface area (Å²) in [5.41, 5.74) is 0. The fraction of sp³-hybridized carbons (Fsp3) is 1.00. The number of hydrogen-bond acceptors (Lipinski definition) is 2. The van der Waals surface area contributed by atoms with Gasteiger partial charge in [0.1, 0.15) is 0 Å². The molecule has 0 aromatic rings. The Kier molecular flexibility index (Phi) is 18.1. The lowest BCUT2D eigenvalue weighted by Crippen LogP contribution is -2.03. The predicted octanol–water partition coefficient (Wildman–Crippen LogP) is 8.19. The van der Waals surface area contributed by atoms with E-state index in [1.807, 2.05) is 0 Å². The van der Waals surface area contributed by atoms with Crippen molar-refractivity contribution in [3.8, 4) is 0 Å². The average Bonchev–Trinajstić information content (AvgIpc) is 2.58. The molecule has 0 amide bonds. The minimum absolute atomic E-state index is 0.715. The maximum Gasteiger partial charge on any atom is 0.203 e. The first-order chi connectivity index (χ1) is 11.7. The second-order valence-corrected chi connectivity index (χ2v) is 10.1. The van der Waals surface area contributed by atoms with Crippen LogP contribution in [0.1, 0.15) is 117 Å². The maximum absolute atomic E-state index is 13.1. The van der Waals surface area contributed by atoms with E-state index in [-0.39, 0.29) is 0 Å². The first kappa shape index (κ1) is 24.2. The van der Waals surface area contributed by atoms with Crippen LogP contribution in [0.4, 0.5) is 0 Å². The molecule has 0 atom stereocenters. The van der Waals surface area contributed by atoms with E-state index in [1.54, 1.807) is 0 Å². The summed E-state index contributed by atoms with van der Waals surface area (Å²) >= 11 is 0. The lowest BCUT2D eigenvalue weighted by molar-refractivity contribution is 0.299. The maximum atomic E-state index is 13.1. The van der Waals surface area contributed by atoms with Crippen LogP contribution in [0, 0.1) is 0 Å². The predicted molar refractivity (Wildman–Crippen MR) is 110 cm³/mol. The van der Waals surface area contributed by atoms with Crippen LogP contribution >= 0.6 is 7.37 Å². The molecule has 24 heavy (non-hydrogen) atoms. The molecule has 146 valence electrons. The smallest absolute Gasteiger partial charge is 0.203 e. The summed E-state index contributed by atoms with van der Waals surface area (Å²) in [7, 11) is -2.37. The third-order valence-corrected chi connectivity index (χ3v) is 7.43. The highest BCUT2D eigenvalue weighted by molar-refractivity contribution is 7.58. The monoisotopic (exact) mass is 360 g/mol. The van der Waals surface area contributed by atoms with Gasteiger partial charge >= 0.3 is 0 Å². The number of hydrogen-bond donors (Lipinski definition) is 0. The molecule has 0 N–H and O–H groups in total. The second-order valence-electron chi connectivity index (χ2n) is 7.34. The molecule has 0 aliphatic heterocycles. The Morgan fingerprint density at radius 3 is 1.38 bits per heavy atom. The van der Waals surface area contributed by atoms with Gasteiger partial charge in [-0.2, -0.15) is 0 Å². The van der Waals surface area contributed by atoms with E-state index in [0.29, 0.717) is 6.61 Å². The fourth-order valence-electron chi connectivity index (χ4n) is 3.09. The largest absolute Gasteiger partial charge is 0.328 e. The standard InChI is InChI=1S/C21H45O2P/c1-4-7-10-13-14-15-16-19-23-24(22,20-17-11-8-5-2)21-18-12-9-6-3/h4-21H2,1-3H3. The molecule has 0 aromatic carbocycles. The molecule has 0 heterocycles. The summed E-state index contributed by atoms with van der Waals surface area (Å²) in [4.78, 5) is 0. The Hall–Kier alpha value is 0.190. The van der Waals surface area contributed by atoms with Gasteiger partial charge in [0.15, 0.2) is 0 Å². The lowest BCUT2D eigenvalue weighted by Gasteiger charge is -2.19. The van der Waals surface area contributed by atoms with E-state index in [2.05, 4.69) is 20.8 Å². The van der Waals surface area contributed by atoms with Crippen LogP contribution < -0.4 is 0 Å². The van der Waals surface area contributed by atoms with Crippen LogP contribution in [0.15, 0.2) is 0 Å². The van der Waals surface area contributed by atoms with Gasteiger partial charge in [-0.25, -0.2) is 0 Å². The molecule has 0 aliphatic rings. The third-order valence-electron chi connectivity index (χ3n) is 4.78. The van der Waals surface area contributed by atoms with Crippen molar-refractivity contribution in [1.82, 2.24) is 0 Å². The van der Waals surface area contributed by atoms with Crippen LogP contribution in [0.3, 0.4) is 0 Å². The van der Waals surface area contributed by atoms with Gasteiger partial charge in [0.25, 0.3) is 0 Å². The highest BCUT2D eigenvalue weighted by Crippen LogP contribution is 2.49. The van der Waals surface area contributed by atoms with Crippen molar-refractivity contribution in [3.05, 3.63) is 0 Å². The van der Waals surface area contributed by atoms with Crippen LogP contribution in [0.25, 0.3) is 0 Å². The molecule has 0 unspecified atom stereocenters. The molecule has 0 rings (SSSR count). The van der Waals surface area contributed by atoms with Crippen molar-refractivity contribution < 1.29 is 9.09 Å². The zero-order valence-corrected chi connectivity index (χ0v) is 17.9. The Morgan fingerprint density at radius 1 is 0.542 bits per heavy atom. The van der Waals surface area contributed by atoms with E-state index in [1.165, 1.54) is 77.0 Å². The Morgan fingerprint density at radius 2 is 0.917 bits per heavy atom. The minimum atomic E-state index is -2.37. The molecule has 0 spiro atoms. The molecule has 0 aliphatic carbocycles. The van der Waals surface area contributed by atoms with Gasteiger partial charge in [0.05, 0.1) is 6.61 Å². The zero-order chi connectivity index (χ0) is 17.9. The molecular formula is C21H45O2P. The van der Waals surface area contributed by atoms with E-state index in [4.69, 9.17) is 4.52 Å². The van der Waals surface area contributed by atoms with Crippen LogP contribution in [-0.2, 0) is 9.09 Å². The number of rotatable bonds is 19. The van der Waals surface area contributed by atoms with Gasteiger partial charge in [-0.1, -0.05) is 97.8 Å². The van der Waals surface area contributed by atoms with Gasteiger partial charge < -0.3 is 4.52 Å². The van der Waals surface area contributed by atoms with Crippen molar-refractivity contribution in [2.75, 3.05) is 18.9 Å². The summed E-state index contributed by atoms with van der Waals surface area (Å²) < 4.78 is 19.1. The molecule has 0 radical (unpaired) electrons. The van der Waals surface area contributed by atoms with Crippen molar-refractivity contribution in [1.29, 1.82) is 0 Å². The van der Waals surface area contributed by atoms with E-state index in [0.717, 1.165) is 31.6 Å². The first-order valence-electron chi connectivity index (χ1n) is 10.9. The fourth-order valence-corrected chi connectivity index (χ4v) is 5.44.